The number of hydrogen-bond donors (Lipinski definition) is 4. The van der Waals surface area contributed by atoms with Crippen molar-refractivity contribution >= 4 is 34.5 Å². The van der Waals surface area contributed by atoms with E-state index in [0.29, 0.717) is 17.5 Å². The van der Waals surface area contributed by atoms with Gasteiger partial charge in [-0.1, -0.05) is 30.0 Å². The quantitative estimate of drug-likeness (QED) is 0.464. The monoisotopic (exact) mass is 488 g/mol. The van der Waals surface area contributed by atoms with Crippen LogP contribution >= 0.6 is 11.8 Å². The number of thioether (sulfide) groups is 1. The van der Waals surface area contributed by atoms with Crippen LogP contribution in [-0.2, 0) is 4.79 Å². The van der Waals surface area contributed by atoms with Gasteiger partial charge in [-0.25, -0.2) is 4.90 Å². The van der Waals surface area contributed by atoms with Gasteiger partial charge >= 0.3 is 0 Å². The summed E-state index contributed by atoms with van der Waals surface area (Å²) in [5.74, 6) is -0.990. The van der Waals surface area contributed by atoms with Gasteiger partial charge in [-0.3, -0.25) is 14.4 Å². The lowest BCUT2D eigenvalue weighted by molar-refractivity contribution is -0.143. The highest BCUT2D eigenvalue weighted by Gasteiger charge is 2.59. The SMILES string of the molecule is COc1ccc(N2C(=O)SC3C(C2=O)N(C(=O)c2ccccc2)C([C@H](O)CO)[C@H](O)[C@H]3O)cc1. The Bertz CT molecular complexity index is 1070. The first-order chi connectivity index (χ1) is 16.3. The van der Waals surface area contributed by atoms with E-state index in [-0.39, 0.29) is 11.3 Å². The zero-order chi connectivity index (χ0) is 24.6. The summed E-state index contributed by atoms with van der Waals surface area (Å²) in [6, 6.07) is 11.2. The standard InChI is InChI=1S/C23H24N2O8S/c1-33-14-9-7-13(8-10-14)24-22(31)17-20(34-23(24)32)19(29)18(28)16(15(27)11-26)25(17)21(30)12-5-3-2-4-6-12/h2-10,15-20,26-29H,11H2,1H3/t15-,16?,17?,18+,19-,20?/m1/s1. The van der Waals surface area contributed by atoms with E-state index in [0.717, 1.165) is 9.80 Å². The molecular weight excluding hydrogens is 464 g/mol. The molecule has 10 nitrogen and oxygen atoms in total. The fraction of sp³-hybridized carbons (Fsp3) is 0.348. The molecule has 0 radical (unpaired) electrons. The smallest absolute Gasteiger partial charge is 0.293 e. The molecule has 0 bridgehead atoms. The molecule has 4 N–H and O–H groups in total. The lowest BCUT2D eigenvalue weighted by Gasteiger charge is -2.53. The molecule has 34 heavy (non-hydrogen) atoms. The number of aliphatic hydroxyl groups is 4. The number of carbonyl (C=O) groups excluding carboxylic acids is 3. The van der Waals surface area contributed by atoms with Crippen molar-refractivity contribution in [3.05, 3.63) is 60.2 Å². The Kier molecular flexibility index (Phi) is 6.91. The second-order valence-corrected chi connectivity index (χ2v) is 9.09. The van der Waals surface area contributed by atoms with E-state index < -0.39 is 59.3 Å². The molecule has 4 rings (SSSR count). The minimum absolute atomic E-state index is 0.172. The molecule has 6 atom stereocenters. The second kappa shape index (κ2) is 9.72. The minimum atomic E-state index is -1.71. The summed E-state index contributed by atoms with van der Waals surface area (Å²) in [6.07, 6.45) is -4.98. The first kappa shape index (κ1) is 24.2. The maximum absolute atomic E-state index is 13.7. The Balaban J connectivity index is 1.81. The van der Waals surface area contributed by atoms with Gasteiger partial charge in [-0.15, -0.1) is 0 Å². The lowest BCUT2D eigenvalue weighted by Crippen LogP contribution is -2.75. The van der Waals surface area contributed by atoms with Gasteiger partial charge < -0.3 is 30.1 Å². The van der Waals surface area contributed by atoms with Crippen molar-refractivity contribution in [1.29, 1.82) is 0 Å². The molecule has 2 aromatic rings. The molecule has 0 spiro atoms. The fourth-order valence-corrected chi connectivity index (χ4v) is 5.56. The molecule has 11 heteroatoms. The Morgan fingerprint density at radius 1 is 1.06 bits per heavy atom. The van der Waals surface area contributed by atoms with Crippen molar-refractivity contribution in [2.45, 2.75) is 35.6 Å². The van der Waals surface area contributed by atoms with E-state index in [1.165, 1.54) is 31.4 Å². The lowest BCUT2D eigenvalue weighted by atomic mass is 9.85. The minimum Gasteiger partial charge on any atom is -0.497 e. The molecule has 2 fully saturated rings. The van der Waals surface area contributed by atoms with Gasteiger partial charge in [0.15, 0.2) is 0 Å². The van der Waals surface area contributed by atoms with Crippen molar-refractivity contribution in [2.24, 2.45) is 0 Å². The van der Waals surface area contributed by atoms with Crippen LogP contribution < -0.4 is 9.64 Å². The molecular formula is C23H24N2O8S. The number of benzene rings is 2. The van der Waals surface area contributed by atoms with Gasteiger partial charge in [0.25, 0.3) is 17.1 Å². The number of fused-ring (bicyclic) bond motifs is 1. The first-order valence-corrected chi connectivity index (χ1v) is 11.4. The van der Waals surface area contributed by atoms with Crippen LogP contribution in [0.4, 0.5) is 10.5 Å². The maximum Gasteiger partial charge on any atom is 0.293 e. The molecule has 2 aromatic carbocycles. The summed E-state index contributed by atoms with van der Waals surface area (Å²) in [5, 5.41) is 39.8. The average molecular weight is 489 g/mol. The van der Waals surface area contributed by atoms with Crippen LogP contribution in [0.25, 0.3) is 0 Å². The molecule has 0 aromatic heterocycles. The van der Waals surface area contributed by atoms with E-state index >= 15 is 0 Å². The van der Waals surface area contributed by atoms with Gasteiger partial charge in [0.05, 0.1) is 36.8 Å². The molecule has 2 aliphatic heterocycles. The van der Waals surface area contributed by atoms with Crippen LogP contribution in [-0.4, -0.2) is 91.7 Å². The summed E-state index contributed by atoms with van der Waals surface area (Å²) in [6.45, 7) is -0.827. The normalized spacial score (nSPS) is 27.9. The third kappa shape index (κ3) is 4.05. The molecule has 2 heterocycles. The number of likely N-dealkylation sites (tertiary alicyclic amines) is 1. The number of carbonyl (C=O) groups is 3. The molecule has 180 valence electrons. The molecule has 2 aliphatic rings. The van der Waals surface area contributed by atoms with Crippen molar-refractivity contribution in [2.75, 3.05) is 18.6 Å². The number of nitrogens with zero attached hydrogens (tertiary/aromatic N) is 2. The number of hydrogen-bond acceptors (Lipinski definition) is 9. The zero-order valence-corrected chi connectivity index (χ0v) is 18.9. The molecule has 3 unspecified atom stereocenters. The predicted octanol–water partition coefficient (Wildman–Crippen LogP) is 0.232. The van der Waals surface area contributed by atoms with Crippen molar-refractivity contribution in [1.82, 2.24) is 4.90 Å². The second-order valence-electron chi connectivity index (χ2n) is 7.97. The van der Waals surface area contributed by atoms with Crippen molar-refractivity contribution in [3.63, 3.8) is 0 Å². The van der Waals surface area contributed by atoms with Gasteiger partial charge in [-0.2, -0.15) is 0 Å². The zero-order valence-electron chi connectivity index (χ0n) is 18.1. The molecule has 2 saturated heterocycles. The molecule has 0 saturated carbocycles. The van der Waals surface area contributed by atoms with Crippen molar-refractivity contribution in [3.8, 4) is 5.75 Å². The molecule has 0 aliphatic carbocycles. The van der Waals surface area contributed by atoms with E-state index in [1.807, 2.05) is 0 Å². The van der Waals surface area contributed by atoms with Crippen LogP contribution in [0.3, 0.4) is 0 Å². The fourth-order valence-electron chi connectivity index (χ4n) is 4.35. The highest BCUT2D eigenvalue weighted by atomic mass is 32.2. The predicted molar refractivity (Wildman–Crippen MR) is 123 cm³/mol. The Labute approximate surface area is 199 Å². The van der Waals surface area contributed by atoms with Gasteiger partial charge in [0.2, 0.25) is 0 Å². The average Bonchev–Trinajstić information content (AvgIpc) is 2.86. The first-order valence-electron chi connectivity index (χ1n) is 10.5. The van der Waals surface area contributed by atoms with E-state index in [9.17, 15) is 34.8 Å². The maximum atomic E-state index is 13.7. The van der Waals surface area contributed by atoms with Crippen LogP contribution in [0.2, 0.25) is 0 Å². The Hall–Kier alpha value is -2.96. The summed E-state index contributed by atoms with van der Waals surface area (Å²) in [4.78, 5) is 42.1. The third-order valence-corrected chi connectivity index (χ3v) is 7.22. The van der Waals surface area contributed by atoms with E-state index in [4.69, 9.17) is 4.74 Å². The Morgan fingerprint density at radius 2 is 1.71 bits per heavy atom. The van der Waals surface area contributed by atoms with Gasteiger partial charge in [0, 0.05) is 5.56 Å². The number of rotatable bonds is 5. The van der Waals surface area contributed by atoms with Crippen LogP contribution in [0.1, 0.15) is 10.4 Å². The number of methoxy groups -OCH3 is 1. The number of aliphatic hydroxyl groups excluding tert-OH is 4. The Morgan fingerprint density at radius 3 is 2.29 bits per heavy atom. The van der Waals surface area contributed by atoms with Crippen molar-refractivity contribution < 1.29 is 39.5 Å². The number of piperidine rings is 1. The summed E-state index contributed by atoms with van der Waals surface area (Å²) < 4.78 is 5.11. The van der Waals surface area contributed by atoms with Crippen LogP contribution in [0, 0.1) is 0 Å². The van der Waals surface area contributed by atoms with Crippen LogP contribution in [0.15, 0.2) is 54.6 Å². The topological polar surface area (TPSA) is 148 Å². The molecule has 3 amide bonds. The number of amides is 3. The number of imide groups is 1. The van der Waals surface area contributed by atoms with Gasteiger partial charge in [0.1, 0.15) is 24.0 Å². The third-order valence-electron chi connectivity index (χ3n) is 6.03. The van der Waals surface area contributed by atoms with E-state index in [1.54, 1.807) is 30.3 Å². The largest absolute Gasteiger partial charge is 0.497 e. The summed E-state index contributed by atoms with van der Waals surface area (Å²) in [5.41, 5.74) is 0.402. The summed E-state index contributed by atoms with van der Waals surface area (Å²) >= 11 is 0.623. The highest BCUT2D eigenvalue weighted by Crippen LogP contribution is 2.41. The van der Waals surface area contributed by atoms with Gasteiger partial charge in [-0.05, 0) is 36.4 Å². The highest BCUT2D eigenvalue weighted by molar-refractivity contribution is 8.14. The van der Waals surface area contributed by atoms with Crippen LogP contribution in [0.5, 0.6) is 5.75 Å². The number of anilines is 1. The summed E-state index contributed by atoms with van der Waals surface area (Å²) in [7, 11) is 1.47. The van der Waals surface area contributed by atoms with E-state index in [2.05, 4.69) is 0 Å². The number of ether oxygens (including phenoxy) is 1.